The van der Waals surface area contributed by atoms with Crippen LogP contribution in [0.1, 0.15) is 16.7 Å². The Hall–Kier alpha value is -0.740. The van der Waals surface area contributed by atoms with E-state index in [1.54, 1.807) is 7.11 Å². The number of nitrogens with one attached hydrogen (secondary N) is 1. The Morgan fingerprint density at radius 2 is 1.76 bits per heavy atom. The second-order valence-corrected chi connectivity index (χ2v) is 5.07. The standard InChI is InChI=1S/C13H21BrN2O/c1-8-9(2)13(17-6)12(10(3)11(8)14)16(5)7-15-4/h15H,7H2,1-6H3. The molecule has 17 heavy (non-hydrogen) atoms. The highest BCUT2D eigenvalue weighted by molar-refractivity contribution is 9.10. The predicted molar refractivity (Wildman–Crippen MR) is 77.2 cm³/mol. The van der Waals surface area contributed by atoms with Crippen LogP contribution in [0.2, 0.25) is 0 Å². The zero-order valence-electron chi connectivity index (χ0n) is 11.4. The summed E-state index contributed by atoms with van der Waals surface area (Å²) in [5.41, 5.74) is 4.77. The molecule has 0 radical (unpaired) electrons. The van der Waals surface area contributed by atoms with Crippen LogP contribution in [-0.2, 0) is 0 Å². The van der Waals surface area contributed by atoms with E-state index in [9.17, 15) is 0 Å². The molecule has 0 unspecified atom stereocenters. The van der Waals surface area contributed by atoms with Crippen molar-refractivity contribution >= 4 is 21.6 Å². The summed E-state index contributed by atoms with van der Waals surface area (Å²) in [6.45, 7) is 7.10. The SMILES string of the molecule is CNCN(C)c1c(C)c(Br)c(C)c(C)c1OC. The molecule has 1 N–H and O–H groups in total. The Bertz CT molecular complexity index is 419. The van der Waals surface area contributed by atoms with E-state index in [1.807, 2.05) is 7.05 Å². The minimum Gasteiger partial charge on any atom is -0.494 e. The van der Waals surface area contributed by atoms with Crippen LogP contribution < -0.4 is 15.0 Å². The molecule has 1 aromatic carbocycles. The molecule has 0 atom stereocenters. The lowest BCUT2D eigenvalue weighted by atomic mass is 10.0. The van der Waals surface area contributed by atoms with Crippen LogP contribution >= 0.6 is 15.9 Å². The van der Waals surface area contributed by atoms with Gasteiger partial charge in [0.05, 0.1) is 19.5 Å². The number of methoxy groups -OCH3 is 1. The minimum absolute atomic E-state index is 0.784. The van der Waals surface area contributed by atoms with Crippen molar-refractivity contribution in [3.05, 3.63) is 21.2 Å². The van der Waals surface area contributed by atoms with E-state index in [0.29, 0.717) is 0 Å². The van der Waals surface area contributed by atoms with Crippen molar-refractivity contribution in [1.29, 1.82) is 0 Å². The summed E-state index contributed by atoms with van der Waals surface area (Å²) in [5, 5.41) is 3.15. The predicted octanol–water partition coefficient (Wildman–Crippen LogP) is 3.00. The van der Waals surface area contributed by atoms with Crippen LogP contribution in [0.5, 0.6) is 5.75 Å². The molecule has 1 rings (SSSR count). The minimum atomic E-state index is 0.784. The van der Waals surface area contributed by atoms with Gasteiger partial charge in [0.1, 0.15) is 5.75 Å². The van der Waals surface area contributed by atoms with Gasteiger partial charge in [-0.15, -0.1) is 0 Å². The van der Waals surface area contributed by atoms with Gasteiger partial charge in [-0.2, -0.15) is 0 Å². The van der Waals surface area contributed by atoms with Gasteiger partial charge >= 0.3 is 0 Å². The average Bonchev–Trinajstić information content (AvgIpc) is 2.31. The lowest BCUT2D eigenvalue weighted by Gasteiger charge is -2.26. The normalized spacial score (nSPS) is 10.5. The van der Waals surface area contributed by atoms with Crippen molar-refractivity contribution in [3.63, 3.8) is 0 Å². The second-order valence-electron chi connectivity index (χ2n) is 4.28. The number of benzene rings is 1. The molecule has 1 aromatic rings. The molecule has 0 saturated heterocycles. The summed E-state index contributed by atoms with van der Waals surface area (Å²) < 4.78 is 6.73. The number of ether oxygens (including phenoxy) is 1. The monoisotopic (exact) mass is 300 g/mol. The highest BCUT2D eigenvalue weighted by atomic mass is 79.9. The lowest BCUT2D eigenvalue weighted by molar-refractivity contribution is 0.410. The van der Waals surface area contributed by atoms with Crippen LogP contribution in [0, 0.1) is 20.8 Å². The molecule has 0 amide bonds. The quantitative estimate of drug-likeness (QED) is 0.865. The fraction of sp³-hybridized carbons (Fsp3) is 0.538. The van der Waals surface area contributed by atoms with E-state index in [1.165, 1.54) is 16.7 Å². The average molecular weight is 301 g/mol. The fourth-order valence-corrected chi connectivity index (χ4v) is 2.58. The van der Waals surface area contributed by atoms with Gasteiger partial charge in [0.25, 0.3) is 0 Å². The van der Waals surface area contributed by atoms with Crippen LogP contribution in [0.25, 0.3) is 0 Å². The number of nitrogens with zero attached hydrogens (tertiary/aromatic N) is 1. The fourth-order valence-electron chi connectivity index (χ4n) is 2.09. The van der Waals surface area contributed by atoms with Crippen molar-refractivity contribution in [3.8, 4) is 5.75 Å². The zero-order valence-corrected chi connectivity index (χ0v) is 13.0. The Morgan fingerprint density at radius 3 is 2.24 bits per heavy atom. The number of halogens is 1. The zero-order chi connectivity index (χ0) is 13.2. The van der Waals surface area contributed by atoms with E-state index < -0.39 is 0 Å². The molecule has 0 bridgehead atoms. The molecule has 4 heteroatoms. The molecule has 0 aliphatic carbocycles. The van der Waals surface area contributed by atoms with Gasteiger partial charge in [-0.05, 0) is 44.5 Å². The maximum atomic E-state index is 5.57. The summed E-state index contributed by atoms with van der Waals surface area (Å²) >= 11 is 3.66. The first-order chi connectivity index (χ1) is 7.95. The molecule has 96 valence electrons. The molecule has 0 aliphatic rings. The molecule has 0 fully saturated rings. The van der Waals surface area contributed by atoms with Crippen molar-refractivity contribution in [1.82, 2.24) is 5.32 Å². The Labute approximate surface area is 112 Å². The van der Waals surface area contributed by atoms with Crippen molar-refractivity contribution < 1.29 is 4.74 Å². The second kappa shape index (κ2) is 5.74. The molecule has 3 nitrogen and oxygen atoms in total. The number of hydrogen-bond acceptors (Lipinski definition) is 3. The Kier molecular flexibility index (Phi) is 4.83. The van der Waals surface area contributed by atoms with Crippen LogP contribution in [0.15, 0.2) is 4.47 Å². The van der Waals surface area contributed by atoms with Crippen LogP contribution in [0.4, 0.5) is 5.69 Å². The number of rotatable bonds is 4. The van der Waals surface area contributed by atoms with E-state index in [2.05, 4.69) is 54.0 Å². The molecule has 0 spiro atoms. The Morgan fingerprint density at radius 1 is 1.18 bits per heavy atom. The first-order valence-electron chi connectivity index (χ1n) is 5.64. The van der Waals surface area contributed by atoms with Crippen LogP contribution in [-0.4, -0.2) is 27.9 Å². The lowest BCUT2D eigenvalue weighted by Crippen LogP contribution is -2.29. The van der Waals surface area contributed by atoms with Gasteiger partial charge in [0, 0.05) is 11.5 Å². The summed E-state index contributed by atoms with van der Waals surface area (Å²) in [4.78, 5) is 2.16. The Balaban J connectivity index is 3.46. The first-order valence-corrected chi connectivity index (χ1v) is 6.43. The van der Waals surface area contributed by atoms with E-state index >= 15 is 0 Å². The summed E-state index contributed by atoms with van der Waals surface area (Å²) in [6, 6.07) is 0. The largest absolute Gasteiger partial charge is 0.494 e. The van der Waals surface area contributed by atoms with E-state index in [0.717, 1.165) is 22.6 Å². The highest BCUT2D eigenvalue weighted by Crippen LogP contribution is 2.41. The molecular formula is C13H21BrN2O. The highest BCUT2D eigenvalue weighted by Gasteiger charge is 2.19. The summed E-state index contributed by atoms with van der Waals surface area (Å²) in [7, 11) is 5.73. The molecular weight excluding hydrogens is 280 g/mol. The third-order valence-corrected chi connectivity index (χ3v) is 4.30. The summed E-state index contributed by atoms with van der Waals surface area (Å²) in [5.74, 6) is 0.959. The van der Waals surface area contributed by atoms with Crippen molar-refractivity contribution in [2.75, 3.05) is 32.8 Å². The van der Waals surface area contributed by atoms with Gasteiger partial charge in [0.15, 0.2) is 0 Å². The topological polar surface area (TPSA) is 24.5 Å². The smallest absolute Gasteiger partial charge is 0.145 e. The van der Waals surface area contributed by atoms with E-state index in [4.69, 9.17) is 4.74 Å². The van der Waals surface area contributed by atoms with Crippen molar-refractivity contribution in [2.24, 2.45) is 0 Å². The van der Waals surface area contributed by atoms with Crippen molar-refractivity contribution in [2.45, 2.75) is 20.8 Å². The maximum absolute atomic E-state index is 5.57. The van der Waals surface area contributed by atoms with Crippen LogP contribution in [0.3, 0.4) is 0 Å². The summed E-state index contributed by atoms with van der Waals surface area (Å²) in [6.07, 6.45) is 0. The third-order valence-electron chi connectivity index (χ3n) is 3.11. The number of anilines is 1. The first kappa shape index (κ1) is 14.3. The molecule has 0 heterocycles. The number of hydrogen-bond donors (Lipinski definition) is 1. The van der Waals surface area contributed by atoms with Gasteiger partial charge in [-0.3, -0.25) is 0 Å². The maximum Gasteiger partial charge on any atom is 0.145 e. The van der Waals surface area contributed by atoms with E-state index in [-0.39, 0.29) is 0 Å². The van der Waals surface area contributed by atoms with Gasteiger partial charge in [0.2, 0.25) is 0 Å². The molecule has 0 aromatic heterocycles. The van der Waals surface area contributed by atoms with Gasteiger partial charge in [-0.25, -0.2) is 0 Å². The molecule has 0 aliphatic heterocycles. The van der Waals surface area contributed by atoms with Gasteiger partial charge < -0.3 is 15.0 Å². The third kappa shape index (κ3) is 2.58. The molecule has 0 saturated carbocycles. The van der Waals surface area contributed by atoms with Gasteiger partial charge in [-0.1, -0.05) is 15.9 Å².